The van der Waals surface area contributed by atoms with E-state index in [0.29, 0.717) is 17.2 Å². The van der Waals surface area contributed by atoms with Gasteiger partial charge in [0.15, 0.2) is 11.5 Å². The Hall–Kier alpha value is -3.38. The monoisotopic (exact) mass is 420 g/mol. The highest BCUT2D eigenvalue weighted by Crippen LogP contribution is 2.34. The number of benzene rings is 3. The minimum atomic E-state index is -0.537. The van der Waals surface area contributed by atoms with Gasteiger partial charge in [0.2, 0.25) is 12.7 Å². The van der Waals surface area contributed by atoms with Gasteiger partial charge < -0.3 is 14.8 Å². The van der Waals surface area contributed by atoms with Crippen molar-refractivity contribution in [2.75, 3.05) is 12.1 Å². The molecule has 31 heavy (non-hydrogen) atoms. The van der Waals surface area contributed by atoms with Gasteiger partial charge in [-0.05, 0) is 54.3 Å². The van der Waals surface area contributed by atoms with E-state index in [9.17, 15) is 9.18 Å². The van der Waals surface area contributed by atoms with Crippen LogP contribution in [0.2, 0.25) is 0 Å². The Bertz CT molecular complexity index is 1070. The summed E-state index contributed by atoms with van der Waals surface area (Å²) in [4.78, 5) is 12.9. The number of halogens is 1. The van der Waals surface area contributed by atoms with E-state index in [4.69, 9.17) is 9.47 Å². The van der Waals surface area contributed by atoms with Crippen molar-refractivity contribution in [3.8, 4) is 11.5 Å². The minimum Gasteiger partial charge on any atom is -0.454 e. The fourth-order valence-electron chi connectivity index (χ4n) is 3.57. The molecular formula is C25H25FN2O3. The summed E-state index contributed by atoms with van der Waals surface area (Å²) in [6.07, 6.45) is 0.937. The summed E-state index contributed by atoms with van der Waals surface area (Å²) in [5, 5.41) is 6.25. The predicted octanol–water partition coefficient (Wildman–Crippen LogP) is 4.82. The highest BCUT2D eigenvalue weighted by atomic mass is 19.1. The zero-order valence-electron chi connectivity index (χ0n) is 17.5. The lowest BCUT2D eigenvalue weighted by Gasteiger charge is -2.24. The molecule has 2 N–H and O–H groups in total. The first kappa shape index (κ1) is 20.9. The quantitative estimate of drug-likeness (QED) is 0.575. The first-order chi connectivity index (χ1) is 15.0. The van der Waals surface area contributed by atoms with Crippen LogP contribution in [0.25, 0.3) is 0 Å². The highest BCUT2D eigenvalue weighted by molar-refractivity contribution is 5.95. The van der Waals surface area contributed by atoms with Crippen LogP contribution in [-0.4, -0.2) is 18.7 Å². The van der Waals surface area contributed by atoms with E-state index in [0.717, 1.165) is 17.5 Å². The molecule has 4 rings (SSSR count). The number of carbonyl (C=O) groups is 1. The second-order valence-corrected chi connectivity index (χ2v) is 7.53. The summed E-state index contributed by atoms with van der Waals surface area (Å²) >= 11 is 0. The van der Waals surface area contributed by atoms with Gasteiger partial charge in [-0.3, -0.25) is 10.1 Å². The van der Waals surface area contributed by atoms with E-state index in [2.05, 4.69) is 29.7 Å². The molecule has 1 amide bonds. The lowest BCUT2D eigenvalue weighted by molar-refractivity contribution is -0.117. The Labute approximate surface area is 181 Å². The fraction of sp³-hybridized carbons (Fsp3) is 0.240. The van der Waals surface area contributed by atoms with Gasteiger partial charge in [-0.15, -0.1) is 0 Å². The molecule has 2 atom stereocenters. The number of hydrogen-bond acceptors (Lipinski definition) is 4. The molecule has 160 valence electrons. The third kappa shape index (κ3) is 4.86. The van der Waals surface area contributed by atoms with Gasteiger partial charge in [-0.2, -0.15) is 0 Å². The van der Waals surface area contributed by atoms with Gasteiger partial charge in [0, 0.05) is 11.8 Å². The van der Waals surface area contributed by atoms with Gasteiger partial charge >= 0.3 is 0 Å². The van der Waals surface area contributed by atoms with E-state index in [1.54, 1.807) is 31.2 Å². The van der Waals surface area contributed by atoms with Crippen LogP contribution in [0.1, 0.15) is 36.6 Å². The van der Waals surface area contributed by atoms with Gasteiger partial charge in [0.1, 0.15) is 5.82 Å². The SMILES string of the molecule is CCc1ccc([C@@H](N[C@@H](C)C(=O)Nc2ccc3c(c2)OCO3)c2cccc(F)c2)cc1. The number of rotatable bonds is 7. The van der Waals surface area contributed by atoms with Gasteiger partial charge in [0.25, 0.3) is 0 Å². The Kier molecular flexibility index (Phi) is 6.18. The van der Waals surface area contributed by atoms with Crippen molar-refractivity contribution in [3.05, 3.63) is 89.2 Å². The van der Waals surface area contributed by atoms with Crippen molar-refractivity contribution >= 4 is 11.6 Å². The van der Waals surface area contributed by atoms with E-state index in [1.807, 2.05) is 18.2 Å². The molecule has 3 aromatic rings. The van der Waals surface area contributed by atoms with Crippen LogP contribution < -0.4 is 20.1 Å². The zero-order valence-corrected chi connectivity index (χ0v) is 17.5. The standard InChI is InChI=1S/C25H25FN2O3/c1-3-17-7-9-18(10-8-17)24(19-5-4-6-20(26)13-19)27-16(2)25(29)28-21-11-12-22-23(14-21)31-15-30-22/h4-14,16,24,27H,3,15H2,1-2H3,(H,28,29)/t16-,24+/m0/s1. The van der Waals surface area contributed by atoms with Crippen LogP contribution in [0.3, 0.4) is 0 Å². The number of amides is 1. The maximum absolute atomic E-state index is 13.9. The molecule has 0 aromatic heterocycles. The largest absolute Gasteiger partial charge is 0.454 e. The predicted molar refractivity (Wildman–Crippen MR) is 118 cm³/mol. The fourth-order valence-corrected chi connectivity index (χ4v) is 3.57. The summed E-state index contributed by atoms with van der Waals surface area (Å²) in [6, 6.07) is 19.0. The number of nitrogens with one attached hydrogen (secondary N) is 2. The molecule has 0 spiro atoms. The lowest BCUT2D eigenvalue weighted by atomic mass is 9.96. The average Bonchev–Trinajstić information content (AvgIpc) is 3.25. The number of carbonyl (C=O) groups excluding carboxylic acids is 1. The first-order valence-electron chi connectivity index (χ1n) is 10.3. The number of anilines is 1. The molecular weight excluding hydrogens is 395 g/mol. The third-order valence-electron chi connectivity index (χ3n) is 5.35. The average molecular weight is 420 g/mol. The summed E-state index contributed by atoms with van der Waals surface area (Å²) in [7, 11) is 0. The normalized spacial score (nSPS) is 14.2. The molecule has 1 aliphatic heterocycles. The summed E-state index contributed by atoms with van der Waals surface area (Å²) in [5.41, 5.74) is 3.56. The Morgan fingerprint density at radius 2 is 1.77 bits per heavy atom. The van der Waals surface area contributed by atoms with E-state index in [1.165, 1.54) is 17.7 Å². The molecule has 0 aliphatic carbocycles. The smallest absolute Gasteiger partial charge is 0.241 e. The second kappa shape index (κ2) is 9.18. The van der Waals surface area contributed by atoms with Gasteiger partial charge in [-0.1, -0.05) is 43.3 Å². The zero-order chi connectivity index (χ0) is 21.8. The van der Waals surface area contributed by atoms with Crippen LogP contribution in [0.5, 0.6) is 11.5 Å². The van der Waals surface area contributed by atoms with Crippen LogP contribution in [0.15, 0.2) is 66.7 Å². The van der Waals surface area contributed by atoms with Gasteiger partial charge in [-0.25, -0.2) is 4.39 Å². The van der Waals surface area contributed by atoms with Crippen LogP contribution in [0.4, 0.5) is 10.1 Å². The Morgan fingerprint density at radius 1 is 1.00 bits per heavy atom. The van der Waals surface area contributed by atoms with Crippen molar-refractivity contribution < 1.29 is 18.7 Å². The maximum Gasteiger partial charge on any atom is 0.241 e. The third-order valence-corrected chi connectivity index (χ3v) is 5.35. The molecule has 0 saturated carbocycles. The Balaban J connectivity index is 1.53. The summed E-state index contributed by atoms with van der Waals surface area (Å²) < 4.78 is 24.6. The van der Waals surface area contributed by atoms with Gasteiger partial charge in [0.05, 0.1) is 12.1 Å². The molecule has 6 heteroatoms. The topological polar surface area (TPSA) is 59.6 Å². The lowest BCUT2D eigenvalue weighted by Crippen LogP contribution is -2.40. The molecule has 0 fully saturated rings. The van der Waals surface area contributed by atoms with Crippen molar-refractivity contribution in [3.63, 3.8) is 0 Å². The van der Waals surface area contributed by atoms with E-state index in [-0.39, 0.29) is 24.6 Å². The van der Waals surface area contributed by atoms with Crippen molar-refractivity contribution in [2.45, 2.75) is 32.4 Å². The molecule has 0 saturated heterocycles. The molecule has 0 radical (unpaired) electrons. The maximum atomic E-state index is 13.9. The number of ether oxygens (including phenoxy) is 2. The molecule has 0 bridgehead atoms. The molecule has 1 heterocycles. The van der Waals surface area contributed by atoms with Crippen LogP contribution in [0, 0.1) is 5.82 Å². The number of fused-ring (bicyclic) bond motifs is 1. The first-order valence-corrected chi connectivity index (χ1v) is 10.3. The molecule has 5 nitrogen and oxygen atoms in total. The van der Waals surface area contributed by atoms with Crippen molar-refractivity contribution in [1.82, 2.24) is 5.32 Å². The highest BCUT2D eigenvalue weighted by Gasteiger charge is 2.22. The number of aryl methyl sites for hydroxylation is 1. The summed E-state index contributed by atoms with van der Waals surface area (Å²) in [6.45, 7) is 4.06. The molecule has 0 unspecified atom stereocenters. The van der Waals surface area contributed by atoms with Crippen molar-refractivity contribution in [2.24, 2.45) is 0 Å². The van der Waals surface area contributed by atoms with E-state index < -0.39 is 6.04 Å². The molecule has 1 aliphatic rings. The van der Waals surface area contributed by atoms with Crippen LogP contribution in [-0.2, 0) is 11.2 Å². The minimum absolute atomic E-state index is 0.177. The van der Waals surface area contributed by atoms with Crippen LogP contribution >= 0.6 is 0 Å². The second-order valence-electron chi connectivity index (χ2n) is 7.53. The molecule has 3 aromatic carbocycles. The summed E-state index contributed by atoms with van der Waals surface area (Å²) in [5.74, 6) is 0.746. The van der Waals surface area contributed by atoms with E-state index >= 15 is 0 Å². The van der Waals surface area contributed by atoms with Crippen molar-refractivity contribution in [1.29, 1.82) is 0 Å². The number of hydrogen-bond donors (Lipinski definition) is 2. The Morgan fingerprint density at radius 3 is 2.52 bits per heavy atom.